The molecule has 2 N–H and O–H groups in total. The molecule has 2 rings (SSSR count). The maximum absolute atomic E-state index is 10.0. The fourth-order valence-electron chi connectivity index (χ4n) is 1.44. The average molecular weight is 233 g/mol. The fourth-order valence-corrected chi connectivity index (χ4v) is 2.25. The number of nitrogens with one attached hydrogen (secondary N) is 1. The summed E-state index contributed by atoms with van der Waals surface area (Å²) in [7, 11) is 0. The van der Waals surface area contributed by atoms with Gasteiger partial charge in [-0.25, -0.2) is 4.98 Å². The van der Waals surface area contributed by atoms with Gasteiger partial charge in [0.05, 0.1) is 11.8 Å². The van der Waals surface area contributed by atoms with E-state index >= 15 is 0 Å². The molecule has 1 aliphatic rings. The largest absolute Gasteiger partial charge is 0.388 e. The molecule has 0 spiro atoms. The Morgan fingerprint density at radius 3 is 3.00 bits per heavy atom. The Balaban J connectivity index is 1.87. The van der Waals surface area contributed by atoms with Gasteiger partial charge in [0.2, 0.25) is 0 Å². The van der Waals surface area contributed by atoms with E-state index < -0.39 is 5.60 Å². The molecular weight excluding hydrogens is 220 g/mol. The molecule has 14 heavy (non-hydrogen) atoms. The van der Waals surface area contributed by atoms with Crippen LogP contribution in [0.2, 0.25) is 4.34 Å². The van der Waals surface area contributed by atoms with Crippen LogP contribution in [0.4, 0.5) is 5.13 Å². The molecule has 1 unspecified atom stereocenters. The highest BCUT2D eigenvalue weighted by Gasteiger charge is 2.39. The molecule has 1 aliphatic carbocycles. The second-order valence-electron chi connectivity index (χ2n) is 3.95. The quantitative estimate of drug-likeness (QED) is 0.838. The smallest absolute Gasteiger partial charge is 0.184 e. The Morgan fingerprint density at radius 1 is 1.79 bits per heavy atom. The summed E-state index contributed by atoms with van der Waals surface area (Å²) in [6.07, 6.45) is 3.88. The molecule has 1 heterocycles. The number of aliphatic hydroxyl groups is 1. The Labute approximate surface area is 92.1 Å². The molecule has 1 fully saturated rings. The number of nitrogens with zero attached hydrogens (tertiary/aromatic N) is 1. The Hall–Kier alpha value is -0.320. The van der Waals surface area contributed by atoms with Crippen molar-refractivity contribution in [3.8, 4) is 0 Å². The number of halogens is 1. The summed E-state index contributed by atoms with van der Waals surface area (Å²) in [5, 5.41) is 13.9. The molecule has 0 radical (unpaired) electrons. The molecule has 0 amide bonds. The Bertz CT molecular complexity index is 322. The van der Waals surface area contributed by atoms with Gasteiger partial charge < -0.3 is 10.4 Å². The maximum Gasteiger partial charge on any atom is 0.184 e. The number of hydrogen-bond donors (Lipinski definition) is 2. The van der Waals surface area contributed by atoms with E-state index in [9.17, 15) is 5.11 Å². The van der Waals surface area contributed by atoms with Crippen molar-refractivity contribution < 1.29 is 5.11 Å². The summed E-state index contributed by atoms with van der Waals surface area (Å²) in [5.74, 6) is 0.449. The third kappa shape index (κ3) is 2.38. The number of thiazole rings is 1. The van der Waals surface area contributed by atoms with E-state index in [2.05, 4.69) is 10.3 Å². The van der Waals surface area contributed by atoms with Crippen molar-refractivity contribution in [3.63, 3.8) is 0 Å². The zero-order valence-electron chi connectivity index (χ0n) is 7.96. The molecule has 1 aromatic heterocycles. The van der Waals surface area contributed by atoms with Crippen LogP contribution in [0.3, 0.4) is 0 Å². The standard InChI is InChI=1S/C9H13ClN2OS/c1-9(13,6-2-3-6)5-12-8-11-4-7(10)14-8/h4,6,13H,2-3,5H2,1H3,(H,11,12). The number of aromatic nitrogens is 1. The van der Waals surface area contributed by atoms with Gasteiger partial charge in [0.25, 0.3) is 0 Å². The van der Waals surface area contributed by atoms with E-state index in [4.69, 9.17) is 11.6 Å². The molecule has 0 aliphatic heterocycles. The van der Waals surface area contributed by atoms with E-state index in [1.165, 1.54) is 11.3 Å². The molecule has 1 atom stereocenters. The number of anilines is 1. The lowest BCUT2D eigenvalue weighted by atomic mass is 10.0. The monoisotopic (exact) mass is 232 g/mol. The van der Waals surface area contributed by atoms with Crippen LogP contribution in [0.25, 0.3) is 0 Å². The van der Waals surface area contributed by atoms with Crippen molar-refractivity contribution in [2.24, 2.45) is 5.92 Å². The summed E-state index contributed by atoms with van der Waals surface area (Å²) >= 11 is 7.13. The van der Waals surface area contributed by atoms with Gasteiger partial charge in [-0.2, -0.15) is 0 Å². The van der Waals surface area contributed by atoms with Gasteiger partial charge in [-0.05, 0) is 25.7 Å². The minimum absolute atomic E-state index is 0.449. The predicted molar refractivity (Wildman–Crippen MR) is 59.0 cm³/mol. The summed E-state index contributed by atoms with van der Waals surface area (Å²) in [5.41, 5.74) is -0.613. The lowest BCUT2D eigenvalue weighted by Crippen LogP contribution is -2.35. The van der Waals surface area contributed by atoms with Crippen molar-refractivity contribution in [2.75, 3.05) is 11.9 Å². The second-order valence-corrected chi connectivity index (χ2v) is 5.62. The minimum atomic E-state index is -0.613. The van der Waals surface area contributed by atoms with Gasteiger partial charge in [-0.15, -0.1) is 0 Å². The van der Waals surface area contributed by atoms with Crippen molar-refractivity contribution >= 4 is 28.1 Å². The fraction of sp³-hybridized carbons (Fsp3) is 0.667. The molecule has 1 saturated carbocycles. The van der Waals surface area contributed by atoms with Crippen LogP contribution in [0.5, 0.6) is 0 Å². The number of rotatable bonds is 4. The van der Waals surface area contributed by atoms with Crippen LogP contribution in [-0.4, -0.2) is 22.2 Å². The van der Waals surface area contributed by atoms with Crippen LogP contribution in [0, 0.1) is 5.92 Å². The highest BCUT2D eigenvalue weighted by atomic mass is 35.5. The van der Waals surface area contributed by atoms with Gasteiger partial charge in [0.15, 0.2) is 5.13 Å². The topological polar surface area (TPSA) is 45.1 Å². The maximum atomic E-state index is 10.0. The Kier molecular flexibility index (Phi) is 2.68. The van der Waals surface area contributed by atoms with E-state index in [0.717, 1.165) is 18.0 Å². The predicted octanol–water partition coefficient (Wildman–Crippen LogP) is 2.37. The first-order valence-corrected chi connectivity index (χ1v) is 5.85. The SMILES string of the molecule is CC(O)(CNc1ncc(Cl)s1)C1CC1. The first-order valence-electron chi connectivity index (χ1n) is 4.65. The lowest BCUT2D eigenvalue weighted by molar-refractivity contribution is 0.0503. The van der Waals surface area contributed by atoms with Crippen LogP contribution < -0.4 is 5.32 Å². The van der Waals surface area contributed by atoms with Gasteiger partial charge in [0, 0.05) is 6.54 Å². The highest BCUT2D eigenvalue weighted by molar-refractivity contribution is 7.19. The van der Waals surface area contributed by atoms with Crippen LogP contribution >= 0.6 is 22.9 Å². The molecule has 5 heteroatoms. The Morgan fingerprint density at radius 2 is 2.50 bits per heavy atom. The van der Waals surface area contributed by atoms with Crippen LogP contribution in [-0.2, 0) is 0 Å². The molecule has 0 saturated heterocycles. The van der Waals surface area contributed by atoms with Gasteiger partial charge >= 0.3 is 0 Å². The van der Waals surface area contributed by atoms with Crippen molar-refractivity contribution in [2.45, 2.75) is 25.4 Å². The van der Waals surface area contributed by atoms with E-state index in [-0.39, 0.29) is 0 Å². The molecule has 0 aromatic carbocycles. The van der Waals surface area contributed by atoms with E-state index in [0.29, 0.717) is 16.8 Å². The third-order valence-electron chi connectivity index (χ3n) is 2.53. The highest BCUT2D eigenvalue weighted by Crippen LogP contribution is 2.39. The van der Waals surface area contributed by atoms with Crippen LogP contribution in [0.1, 0.15) is 19.8 Å². The molecule has 3 nitrogen and oxygen atoms in total. The average Bonchev–Trinajstić information content (AvgIpc) is 2.89. The summed E-state index contributed by atoms with van der Waals surface area (Å²) < 4.78 is 0.665. The zero-order valence-corrected chi connectivity index (χ0v) is 9.53. The van der Waals surface area contributed by atoms with Gasteiger partial charge in [-0.3, -0.25) is 0 Å². The molecular formula is C9H13ClN2OS. The molecule has 0 bridgehead atoms. The first kappa shape index (κ1) is 10.2. The lowest BCUT2D eigenvalue weighted by Gasteiger charge is -2.22. The minimum Gasteiger partial charge on any atom is -0.388 e. The summed E-state index contributed by atoms with van der Waals surface area (Å²) in [4.78, 5) is 4.06. The third-order valence-corrected chi connectivity index (χ3v) is 3.60. The van der Waals surface area contributed by atoms with Crippen molar-refractivity contribution in [3.05, 3.63) is 10.5 Å². The summed E-state index contributed by atoms with van der Waals surface area (Å²) in [6, 6.07) is 0. The normalized spacial score (nSPS) is 20.5. The second kappa shape index (κ2) is 3.68. The van der Waals surface area contributed by atoms with Crippen molar-refractivity contribution in [1.29, 1.82) is 0 Å². The van der Waals surface area contributed by atoms with Gasteiger partial charge in [0.1, 0.15) is 4.34 Å². The van der Waals surface area contributed by atoms with Gasteiger partial charge in [-0.1, -0.05) is 22.9 Å². The molecule has 78 valence electrons. The number of hydrogen-bond acceptors (Lipinski definition) is 4. The summed E-state index contributed by atoms with van der Waals surface area (Å²) in [6.45, 7) is 2.41. The molecule has 1 aromatic rings. The van der Waals surface area contributed by atoms with Crippen LogP contribution in [0.15, 0.2) is 6.20 Å². The zero-order chi connectivity index (χ0) is 10.2. The van der Waals surface area contributed by atoms with E-state index in [1.807, 2.05) is 6.92 Å². The van der Waals surface area contributed by atoms with Crippen molar-refractivity contribution in [1.82, 2.24) is 4.98 Å². The van der Waals surface area contributed by atoms with E-state index in [1.54, 1.807) is 6.20 Å². The first-order chi connectivity index (χ1) is 6.58.